The highest BCUT2D eigenvalue weighted by molar-refractivity contribution is 5.67. The third-order valence-electron chi connectivity index (χ3n) is 4.54. The van der Waals surface area contributed by atoms with Gasteiger partial charge in [-0.3, -0.25) is 0 Å². The van der Waals surface area contributed by atoms with Crippen LogP contribution in [0.3, 0.4) is 0 Å². The van der Waals surface area contributed by atoms with Gasteiger partial charge >= 0.3 is 6.09 Å². The molecule has 0 radical (unpaired) electrons. The number of alkyl carbamates (subject to hydrolysis) is 1. The standard InChI is InChI=1S/C17H23NO5/c19-11-14-10-17(22-8-9-23-17)7-6-15(14)18-16(20)21-12-13-4-2-1-3-5-13/h1-5,14-15,19H,6-12H2,(H,18,20)/t14-,15-/m0/s1. The maximum absolute atomic E-state index is 12.0. The Hall–Kier alpha value is -1.63. The molecule has 6 heteroatoms. The van der Waals surface area contributed by atoms with Crippen LogP contribution in [0.25, 0.3) is 0 Å². The van der Waals surface area contributed by atoms with Crippen LogP contribution in [0, 0.1) is 5.92 Å². The van der Waals surface area contributed by atoms with Crippen molar-refractivity contribution in [3.63, 3.8) is 0 Å². The number of aliphatic hydroxyl groups excluding tert-OH is 1. The van der Waals surface area contributed by atoms with Gasteiger partial charge < -0.3 is 24.6 Å². The van der Waals surface area contributed by atoms with E-state index in [2.05, 4.69) is 5.32 Å². The van der Waals surface area contributed by atoms with Crippen LogP contribution in [0.5, 0.6) is 0 Å². The number of benzene rings is 1. The Labute approximate surface area is 135 Å². The molecule has 0 unspecified atom stereocenters. The van der Waals surface area contributed by atoms with Crippen molar-refractivity contribution in [2.24, 2.45) is 5.92 Å². The van der Waals surface area contributed by atoms with E-state index in [4.69, 9.17) is 14.2 Å². The second kappa shape index (κ2) is 7.29. The Morgan fingerprint density at radius 3 is 2.74 bits per heavy atom. The average molecular weight is 321 g/mol. The number of amides is 1. The van der Waals surface area contributed by atoms with Crippen LogP contribution in [-0.2, 0) is 20.8 Å². The molecular formula is C17H23NO5. The van der Waals surface area contributed by atoms with E-state index in [0.717, 1.165) is 5.56 Å². The Morgan fingerprint density at radius 2 is 2.04 bits per heavy atom. The summed E-state index contributed by atoms with van der Waals surface area (Å²) in [6.07, 6.45) is 1.55. The van der Waals surface area contributed by atoms with Crippen LogP contribution >= 0.6 is 0 Å². The van der Waals surface area contributed by atoms with Gasteiger partial charge in [-0.05, 0) is 12.0 Å². The molecular weight excluding hydrogens is 298 g/mol. The first-order valence-corrected chi connectivity index (χ1v) is 8.07. The van der Waals surface area contributed by atoms with E-state index < -0.39 is 11.9 Å². The maximum Gasteiger partial charge on any atom is 0.407 e. The molecule has 6 nitrogen and oxygen atoms in total. The van der Waals surface area contributed by atoms with Gasteiger partial charge in [0.25, 0.3) is 0 Å². The van der Waals surface area contributed by atoms with Crippen molar-refractivity contribution >= 4 is 6.09 Å². The third kappa shape index (κ3) is 4.02. The maximum atomic E-state index is 12.0. The summed E-state index contributed by atoms with van der Waals surface area (Å²) in [5.74, 6) is -0.661. The molecule has 1 aromatic carbocycles. The summed E-state index contributed by atoms with van der Waals surface area (Å²) in [4.78, 5) is 12.0. The molecule has 126 valence electrons. The smallest absolute Gasteiger partial charge is 0.407 e. The van der Waals surface area contributed by atoms with Crippen LogP contribution in [-0.4, -0.2) is 42.8 Å². The Morgan fingerprint density at radius 1 is 1.30 bits per heavy atom. The second-order valence-electron chi connectivity index (χ2n) is 6.11. The molecule has 2 N–H and O–H groups in total. The van der Waals surface area contributed by atoms with Gasteiger partial charge in [-0.15, -0.1) is 0 Å². The fourth-order valence-electron chi connectivity index (χ4n) is 3.31. The molecule has 1 spiro atoms. The van der Waals surface area contributed by atoms with Gasteiger partial charge in [-0.25, -0.2) is 4.79 Å². The summed E-state index contributed by atoms with van der Waals surface area (Å²) in [5.41, 5.74) is 0.941. The number of carbonyl (C=O) groups is 1. The van der Waals surface area contributed by atoms with Gasteiger partial charge in [0, 0.05) is 31.4 Å². The molecule has 23 heavy (non-hydrogen) atoms. The topological polar surface area (TPSA) is 77.0 Å². The molecule has 1 aliphatic carbocycles. The zero-order valence-electron chi connectivity index (χ0n) is 13.1. The molecule has 0 bridgehead atoms. The molecule has 2 atom stereocenters. The molecule has 2 fully saturated rings. The van der Waals surface area contributed by atoms with Crippen molar-refractivity contribution < 1.29 is 24.1 Å². The minimum Gasteiger partial charge on any atom is -0.445 e. The van der Waals surface area contributed by atoms with E-state index >= 15 is 0 Å². The Bertz CT molecular complexity index is 515. The molecule has 1 aromatic rings. The second-order valence-corrected chi connectivity index (χ2v) is 6.11. The minimum absolute atomic E-state index is 0.0158. The minimum atomic E-state index is -0.570. The molecule has 0 aromatic heterocycles. The molecule has 2 aliphatic rings. The van der Waals surface area contributed by atoms with E-state index in [1.54, 1.807) is 0 Å². The third-order valence-corrected chi connectivity index (χ3v) is 4.54. The molecule has 3 rings (SSSR count). The van der Waals surface area contributed by atoms with Crippen LogP contribution in [0.4, 0.5) is 4.79 Å². The zero-order valence-corrected chi connectivity index (χ0v) is 13.1. The molecule has 1 saturated carbocycles. The van der Waals surface area contributed by atoms with Gasteiger partial charge in [0.1, 0.15) is 6.61 Å². The van der Waals surface area contributed by atoms with Crippen molar-refractivity contribution in [1.82, 2.24) is 5.32 Å². The highest BCUT2D eigenvalue weighted by Crippen LogP contribution is 2.38. The van der Waals surface area contributed by atoms with E-state index in [-0.39, 0.29) is 25.2 Å². The van der Waals surface area contributed by atoms with Crippen molar-refractivity contribution in [3.05, 3.63) is 35.9 Å². The van der Waals surface area contributed by atoms with Crippen LogP contribution in [0.15, 0.2) is 30.3 Å². The van der Waals surface area contributed by atoms with Crippen LogP contribution in [0.1, 0.15) is 24.8 Å². The summed E-state index contributed by atoms with van der Waals surface area (Å²) in [6.45, 7) is 1.40. The highest BCUT2D eigenvalue weighted by atomic mass is 16.7. The summed E-state index contributed by atoms with van der Waals surface area (Å²) >= 11 is 0. The van der Waals surface area contributed by atoms with Crippen LogP contribution in [0.2, 0.25) is 0 Å². The first-order chi connectivity index (χ1) is 11.2. The fourth-order valence-corrected chi connectivity index (χ4v) is 3.31. The van der Waals surface area contributed by atoms with Gasteiger partial charge in [0.05, 0.1) is 13.2 Å². The summed E-state index contributed by atoms with van der Waals surface area (Å²) < 4.78 is 16.6. The number of nitrogens with one attached hydrogen (secondary N) is 1. The molecule has 1 heterocycles. The largest absolute Gasteiger partial charge is 0.445 e. The van der Waals surface area contributed by atoms with Crippen molar-refractivity contribution in [2.45, 2.75) is 37.7 Å². The average Bonchev–Trinajstić information content (AvgIpc) is 3.04. The predicted molar refractivity (Wildman–Crippen MR) is 82.6 cm³/mol. The lowest BCUT2D eigenvalue weighted by molar-refractivity contribution is -0.193. The number of rotatable bonds is 4. The van der Waals surface area contributed by atoms with Gasteiger partial charge in [-0.1, -0.05) is 30.3 Å². The highest BCUT2D eigenvalue weighted by Gasteiger charge is 2.45. The monoisotopic (exact) mass is 321 g/mol. The summed E-state index contributed by atoms with van der Waals surface area (Å²) in [5, 5.41) is 12.5. The normalized spacial score (nSPS) is 26.1. The summed E-state index contributed by atoms with van der Waals surface area (Å²) in [6, 6.07) is 9.41. The SMILES string of the molecule is O=C(N[C@H]1CCC2(C[C@H]1CO)OCCO2)OCc1ccccc1. The molecule has 1 saturated heterocycles. The molecule has 1 aliphatic heterocycles. The van der Waals surface area contributed by atoms with Gasteiger partial charge in [0.2, 0.25) is 0 Å². The van der Waals surface area contributed by atoms with Gasteiger partial charge in [-0.2, -0.15) is 0 Å². The lowest BCUT2D eigenvalue weighted by atomic mass is 9.81. The van der Waals surface area contributed by atoms with E-state index in [0.29, 0.717) is 32.5 Å². The molecule has 1 amide bonds. The fraction of sp³-hybridized carbons (Fsp3) is 0.588. The van der Waals surface area contributed by atoms with Crippen molar-refractivity contribution in [2.75, 3.05) is 19.8 Å². The quantitative estimate of drug-likeness (QED) is 0.884. The van der Waals surface area contributed by atoms with E-state index in [1.807, 2.05) is 30.3 Å². The predicted octanol–water partition coefficient (Wildman–Crippen LogP) is 1.82. The number of ether oxygens (including phenoxy) is 3. The van der Waals surface area contributed by atoms with Gasteiger partial charge in [0.15, 0.2) is 5.79 Å². The Kier molecular flexibility index (Phi) is 5.15. The van der Waals surface area contributed by atoms with Crippen molar-refractivity contribution in [3.8, 4) is 0 Å². The lowest BCUT2D eigenvalue weighted by Gasteiger charge is -2.40. The number of aliphatic hydroxyl groups is 1. The number of hydrogen-bond donors (Lipinski definition) is 2. The van der Waals surface area contributed by atoms with E-state index in [9.17, 15) is 9.90 Å². The lowest BCUT2D eigenvalue weighted by Crippen LogP contribution is -2.50. The summed E-state index contributed by atoms with van der Waals surface area (Å²) in [7, 11) is 0. The number of carbonyl (C=O) groups excluding carboxylic acids is 1. The van der Waals surface area contributed by atoms with Crippen molar-refractivity contribution in [1.29, 1.82) is 0 Å². The Balaban J connectivity index is 1.49. The first-order valence-electron chi connectivity index (χ1n) is 8.07. The first kappa shape index (κ1) is 16.2. The van der Waals surface area contributed by atoms with E-state index in [1.165, 1.54) is 0 Å². The number of hydrogen-bond acceptors (Lipinski definition) is 5. The zero-order chi connectivity index (χ0) is 16.1. The van der Waals surface area contributed by atoms with Crippen LogP contribution < -0.4 is 5.32 Å².